The molecular formula is C14H18N2O5. The molecule has 1 saturated heterocycles. The maximum Gasteiger partial charge on any atom is 0.335 e. The number of carbonyl (C=O) groups is 2. The normalized spacial score (nSPS) is 16.3. The molecule has 0 spiro atoms. The number of nitrogen functional groups attached to an aromatic ring is 1. The first kappa shape index (κ1) is 15.1. The summed E-state index contributed by atoms with van der Waals surface area (Å²) >= 11 is 0. The van der Waals surface area contributed by atoms with Crippen LogP contribution in [0.25, 0.3) is 0 Å². The number of amides is 1. The van der Waals surface area contributed by atoms with Gasteiger partial charge in [0.1, 0.15) is 5.75 Å². The number of carbonyl (C=O) groups excluding carboxylic acids is 1. The van der Waals surface area contributed by atoms with Gasteiger partial charge in [0.05, 0.1) is 24.5 Å². The first-order valence-corrected chi connectivity index (χ1v) is 6.65. The molecule has 1 fully saturated rings. The number of anilines is 1. The van der Waals surface area contributed by atoms with Gasteiger partial charge in [0, 0.05) is 13.1 Å². The number of carboxylic acids is 1. The third-order valence-corrected chi connectivity index (χ3v) is 3.23. The van der Waals surface area contributed by atoms with E-state index in [1.54, 1.807) is 11.8 Å². The molecule has 7 nitrogen and oxygen atoms in total. The zero-order valence-corrected chi connectivity index (χ0v) is 11.7. The number of hydrogen-bond acceptors (Lipinski definition) is 5. The molecular weight excluding hydrogens is 276 g/mol. The number of carboxylic acid groups (broad SMARTS) is 1. The van der Waals surface area contributed by atoms with E-state index in [-0.39, 0.29) is 17.2 Å². The molecule has 3 N–H and O–H groups in total. The van der Waals surface area contributed by atoms with Crippen molar-refractivity contribution in [2.45, 2.75) is 13.0 Å². The summed E-state index contributed by atoms with van der Waals surface area (Å²) in [6.07, 6.45) is -0.741. The van der Waals surface area contributed by atoms with Crippen LogP contribution >= 0.6 is 0 Å². The van der Waals surface area contributed by atoms with E-state index in [0.717, 1.165) is 0 Å². The Kier molecular flexibility index (Phi) is 4.64. The van der Waals surface area contributed by atoms with Crippen LogP contribution in [0.2, 0.25) is 0 Å². The average molecular weight is 294 g/mol. The van der Waals surface area contributed by atoms with Crippen LogP contribution in [0.5, 0.6) is 5.75 Å². The fourth-order valence-corrected chi connectivity index (χ4v) is 2.05. The predicted molar refractivity (Wildman–Crippen MR) is 75.3 cm³/mol. The van der Waals surface area contributed by atoms with Gasteiger partial charge in [-0.3, -0.25) is 4.79 Å². The number of rotatable bonds is 4. The highest BCUT2D eigenvalue weighted by Crippen LogP contribution is 2.24. The van der Waals surface area contributed by atoms with Gasteiger partial charge in [-0.1, -0.05) is 0 Å². The Balaban J connectivity index is 2.07. The van der Waals surface area contributed by atoms with Crippen molar-refractivity contribution < 1.29 is 24.2 Å². The minimum absolute atomic E-state index is 0.0604. The number of benzene rings is 1. The number of nitrogens with two attached hydrogens (primary N) is 1. The number of aromatic carboxylic acids is 1. The number of morpholine rings is 1. The zero-order chi connectivity index (χ0) is 15.4. The Morgan fingerprint density at radius 1 is 1.38 bits per heavy atom. The minimum Gasteiger partial charge on any atom is -0.479 e. The Labute approximate surface area is 122 Å². The van der Waals surface area contributed by atoms with Crippen molar-refractivity contribution in [1.29, 1.82) is 0 Å². The summed E-state index contributed by atoms with van der Waals surface area (Å²) in [7, 11) is 0. The monoisotopic (exact) mass is 294 g/mol. The van der Waals surface area contributed by atoms with Crippen molar-refractivity contribution >= 4 is 17.6 Å². The van der Waals surface area contributed by atoms with Crippen molar-refractivity contribution in [2.75, 3.05) is 32.0 Å². The lowest BCUT2D eigenvalue weighted by atomic mass is 10.2. The highest BCUT2D eigenvalue weighted by Gasteiger charge is 2.24. The van der Waals surface area contributed by atoms with Crippen LogP contribution in [-0.4, -0.2) is 54.3 Å². The molecule has 1 heterocycles. The lowest BCUT2D eigenvalue weighted by Crippen LogP contribution is -2.46. The Hall–Kier alpha value is -2.28. The summed E-state index contributed by atoms with van der Waals surface area (Å²) < 4.78 is 10.7. The van der Waals surface area contributed by atoms with E-state index in [1.807, 2.05) is 0 Å². The zero-order valence-electron chi connectivity index (χ0n) is 11.7. The van der Waals surface area contributed by atoms with E-state index >= 15 is 0 Å². The Morgan fingerprint density at radius 2 is 2.05 bits per heavy atom. The quantitative estimate of drug-likeness (QED) is 0.788. The van der Waals surface area contributed by atoms with E-state index in [1.165, 1.54) is 18.2 Å². The molecule has 0 saturated carbocycles. The molecule has 1 aromatic carbocycles. The summed E-state index contributed by atoms with van der Waals surface area (Å²) in [6.45, 7) is 3.68. The van der Waals surface area contributed by atoms with Crippen LogP contribution in [0.15, 0.2) is 18.2 Å². The molecule has 0 aliphatic carbocycles. The number of hydrogen-bond donors (Lipinski definition) is 2. The summed E-state index contributed by atoms with van der Waals surface area (Å²) in [5.41, 5.74) is 6.11. The van der Waals surface area contributed by atoms with Gasteiger partial charge < -0.3 is 25.2 Å². The lowest BCUT2D eigenvalue weighted by molar-refractivity contribution is -0.142. The van der Waals surface area contributed by atoms with Gasteiger partial charge in [0.2, 0.25) is 0 Å². The van der Waals surface area contributed by atoms with Crippen molar-refractivity contribution in [1.82, 2.24) is 4.90 Å². The molecule has 1 aromatic rings. The van der Waals surface area contributed by atoms with Crippen LogP contribution in [0, 0.1) is 0 Å². The van der Waals surface area contributed by atoms with Crippen molar-refractivity contribution in [3.63, 3.8) is 0 Å². The second-order valence-electron chi connectivity index (χ2n) is 4.76. The van der Waals surface area contributed by atoms with Crippen LogP contribution in [-0.2, 0) is 9.53 Å². The fraction of sp³-hybridized carbons (Fsp3) is 0.429. The van der Waals surface area contributed by atoms with E-state index < -0.39 is 12.1 Å². The second kappa shape index (κ2) is 6.45. The molecule has 0 aromatic heterocycles. The largest absolute Gasteiger partial charge is 0.479 e. The second-order valence-corrected chi connectivity index (χ2v) is 4.76. The summed E-state index contributed by atoms with van der Waals surface area (Å²) in [6, 6.07) is 4.16. The third kappa shape index (κ3) is 3.63. The first-order chi connectivity index (χ1) is 9.99. The molecule has 2 rings (SSSR count). The smallest absolute Gasteiger partial charge is 0.335 e. The molecule has 0 bridgehead atoms. The number of nitrogens with zero attached hydrogens (tertiary/aromatic N) is 1. The standard InChI is InChI=1S/C14H18N2O5/c1-9(13(17)16-4-6-20-7-5-16)21-12-8-10(14(18)19)2-3-11(12)15/h2-3,8-9H,4-7,15H2,1H3,(H,18,19). The van der Waals surface area contributed by atoms with Crippen molar-refractivity contribution in [3.05, 3.63) is 23.8 Å². The van der Waals surface area contributed by atoms with Gasteiger partial charge in [0.15, 0.2) is 6.10 Å². The van der Waals surface area contributed by atoms with E-state index in [9.17, 15) is 9.59 Å². The topological polar surface area (TPSA) is 102 Å². The molecule has 1 unspecified atom stereocenters. The van der Waals surface area contributed by atoms with Gasteiger partial charge in [-0.15, -0.1) is 0 Å². The van der Waals surface area contributed by atoms with Crippen molar-refractivity contribution in [3.8, 4) is 5.75 Å². The third-order valence-electron chi connectivity index (χ3n) is 3.23. The molecule has 1 aliphatic rings. The first-order valence-electron chi connectivity index (χ1n) is 6.65. The Morgan fingerprint density at radius 3 is 2.67 bits per heavy atom. The summed E-state index contributed by atoms with van der Waals surface area (Å²) in [4.78, 5) is 24.8. The van der Waals surface area contributed by atoms with E-state index in [4.69, 9.17) is 20.3 Å². The SMILES string of the molecule is CC(Oc1cc(C(=O)O)ccc1N)C(=O)N1CCOCC1. The minimum atomic E-state index is -1.08. The number of ether oxygens (including phenoxy) is 2. The summed E-state index contributed by atoms with van der Waals surface area (Å²) in [5.74, 6) is -1.05. The van der Waals surface area contributed by atoms with Gasteiger partial charge >= 0.3 is 5.97 Å². The maximum absolute atomic E-state index is 12.2. The average Bonchev–Trinajstić information content (AvgIpc) is 2.49. The van der Waals surface area contributed by atoms with E-state index in [0.29, 0.717) is 32.0 Å². The van der Waals surface area contributed by atoms with Crippen LogP contribution < -0.4 is 10.5 Å². The fourth-order valence-electron chi connectivity index (χ4n) is 2.05. The van der Waals surface area contributed by atoms with Crippen LogP contribution in [0.4, 0.5) is 5.69 Å². The van der Waals surface area contributed by atoms with Gasteiger partial charge in [-0.2, -0.15) is 0 Å². The lowest BCUT2D eigenvalue weighted by Gasteiger charge is -2.29. The van der Waals surface area contributed by atoms with Gasteiger partial charge in [-0.05, 0) is 25.1 Å². The molecule has 1 amide bonds. The van der Waals surface area contributed by atoms with Crippen LogP contribution in [0.3, 0.4) is 0 Å². The Bertz CT molecular complexity index is 540. The molecule has 0 radical (unpaired) electrons. The van der Waals surface area contributed by atoms with Gasteiger partial charge in [0.25, 0.3) is 5.91 Å². The summed E-state index contributed by atoms with van der Waals surface area (Å²) in [5, 5.41) is 8.96. The molecule has 1 aliphatic heterocycles. The molecule has 21 heavy (non-hydrogen) atoms. The maximum atomic E-state index is 12.2. The highest BCUT2D eigenvalue weighted by atomic mass is 16.5. The van der Waals surface area contributed by atoms with Crippen LogP contribution in [0.1, 0.15) is 17.3 Å². The molecule has 1 atom stereocenters. The highest BCUT2D eigenvalue weighted by molar-refractivity contribution is 5.89. The predicted octanol–water partition coefficient (Wildman–Crippen LogP) is 0.593. The van der Waals surface area contributed by atoms with E-state index in [2.05, 4.69) is 0 Å². The van der Waals surface area contributed by atoms with Gasteiger partial charge in [-0.25, -0.2) is 4.79 Å². The molecule has 114 valence electrons. The van der Waals surface area contributed by atoms with Crippen molar-refractivity contribution in [2.24, 2.45) is 0 Å². The molecule has 7 heteroatoms.